The van der Waals surface area contributed by atoms with Crippen LogP contribution in [0.4, 0.5) is 0 Å². The summed E-state index contributed by atoms with van der Waals surface area (Å²) in [5, 5.41) is 0. The molecule has 0 heterocycles. The summed E-state index contributed by atoms with van der Waals surface area (Å²) in [4.78, 5) is 0. The molecule has 94 valence electrons. The van der Waals surface area contributed by atoms with Crippen LogP contribution >= 0.6 is 0 Å². The van der Waals surface area contributed by atoms with Crippen LogP contribution in [0.3, 0.4) is 0 Å². The van der Waals surface area contributed by atoms with Gasteiger partial charge in [-0.2, -0.15) is 0 Å². The van der Waals surface area contributed by atoms with E-state index < -0.39 is 0 Å². The Bertz CT molecular complexity index is 409. The predicted molar refractivity (Wildman–Crippen MR) is 69.7 cm³/mol. The molecule has 0 aromatic rings. The third-order valence-electron chi connectivity index (χ3n) is 2.99. The van der Waals surface area contributed by atoms with Crippen molar-refractivity contribution in [3.63, 3.8) is 0 Å². The Morgan fingerprint density at radius 1 is 1.18 bits per heavy atom. The predicted octanol–water partition coefficient (Wildman–Crippen LogP) is 3.77. The fourth-order valence-electron chi connectivity index (χ4n) is 1.56. The molecule has 0 nitrogen and oxygen atoms in total. The van der Waals surface area contributed by atoms with Gasteiger partial charge in [0, 0.05) is 0 Å². The average Bonchev–Trinajstić information content (AvgIpc) is 2.45. The Balaban J connectivity index is 3.02. The van der Waals surface area contributed by atoms with E-state index >= 15 is 0 Å². The Kier molecular flexibility index (Phi) is 4.88. The molecular weight excluding hydrogens is 548 g/mol. The summed E-state index contributed by atoms with van der Waals surface area (Å²) in [6.45, 7) is 13.9. The first-order valence-electron chi connectivity index (χ1n) is 6.02. The van der Waals surface area contributed by atoms with Crippen LogP contribution in [0, 0.1) is 10.8 Å². The molecule has 0 unspecified atom stereocenters. The first-order chi connectivity index (χ1) is 7.51. The van der Waals surface area contributed by atoms with Gasteiger partial charge in [0.2, 0.25) is 0 Å². The summed E-state index contributed by atoms with van der Waals surface area (Å²) in [5.74, 6) is 0. The van der Waals surface area contributed by atoms with Crippen LogP contribution in [0.15, 0.2) is 23.3 Å². The minimum absolute atomic E-state index is 0.316. The second-order valence-electron chi connectivity index (χ2n) is 6.73. The molecule has 0 bridgehead atoms. The maximum absolute atomic E-state index is 2.43. The summed E-state index contributed by atoms with van der Waals surface area (Å²) in [6.07, 6.45) is 6.05. The molecular formula is C15H22W2. The Morgan fingerprint density at radius 2 is 1.71 bits per heavy atom. The zero-order valence-corrected chi connectivity index (χ0v) is 17.5. The number of hydrogen-bond acceptors (Lipinski definition) is 0. The van der Waals surface area contributed by atoms with Crippen molar-refractivity contribution in [3.8, 4) is 0 Å². The van der Waals surface area contributed by atoms with Crippen molar-refractivity contribution in [2.24, 2.45) is 10.8 Å². The van der Waals surface area contributed by atoms with Crippen LogP contribution < -0.4 is 0 Å². The fraction of sp³-hybridized carbons (Fsp3) is 0.600. The van der Waals surface area contributed by atoms with Crippen LogP contribution in [0.5, 0.6) is 0 Å². The standard InChI is InChI=1S/C15H22.2W/c1-14(2,3)10-9-12-7-8-13(11-12)15(4,5)6;;/h9,11H,8H2,1-6H3;;. The summed E-state index contributed by atoms with van der Waals surface area (Å²) in [7, 11) is 0. The van der Waals surface area contributed by atoms with Gasteiger partial charge in [-0.3, -0.25) is 0 Å². The zero-order valence-electron chi connectivity index (χ0n) is 11.7. The van der Waals surface area contributed by atoms with E-state index in [0.717, 1.165) is 0 Å². The van der Waals surface area contributed by atoms with Crippen molar-refractivity contribution in [1.82, 2.24) is 0 Å². The molecule has 0 aliphatic heterocycles. The molecule has 0 saturated carbocycles. The summed E-state index contributed by atoms with van der Waals surface area (Å²) in [6, 6.07) is 0. The molecule has 1 aliphatic carbocycles. The van der Waals surface area contributed by atoms with Gasteiger partial charge in [-0.05, 0) is 0 Å². The van der Waals surface area contributed by atoms with Crippen LogP contribution in [-0.4, -0.2) is 7.80 Å². The van der Waals surface area contributed by atoms with Crippen molar-refractivity contribution in [3.05, 3.63) is 23.3 Å². The van der Waals surface area contributed by atoms with Crippen molar-refractivity contribution in [1.29, 1.82) is 0 Å². The van der Waals surface area contributed by atoms with Crippen LogP contribution in [0.2, 0.25) is 0 Å². The SMILES string of the molecule is CC(C)(C)[C](=[W])C=C1C=C(C(C)(C)C)C[C]1=[W]. The fourth-order valence-corrected chi connectivity index (χ4v) is 2.99. The monoisotopic (exact) mass is 570 g/mol. The van der Waals surface area contributed by atoms with E-state index in [1.54, 1.807) is 52.1 Å². The molecule has 0 N–H and O–H groups in total. The van der Waals surface area contributed by atoms with Crippen molar-refractivity contribution in [2.75, 3.05) is 0 Å². The van der Waals surface area contributed by atoms with Gasteiger partial charge in [-0.25, -0.2) is 0 Å². The van der Waals surface area contributed by atoms with Gasteiger partial charge in [-0.1, -0.05) is 0 Å². The van der Waals surface area contributed by atoms with E-state index in [1.165, 1.54) is 12.0 Å². The summed E-state index contributed by atoms with van der Waals surface area (Å²) in [5.41, 5.74) is 3.71. The average molecular weight is 570 g/mol. The zero-order chi connectivity index (χ0) is 13.4. The molecule has 0 radical (unpaired) electrons. The van der Waals surface area contributed by atoms with Gasteiger partial charge in [0.15, 0.2) is 0 Å². The van der Waals surface area contributed by atoms with Gasteiger partial charge in [0.05, 0.1) is 0 Å². The molecule has 0 amide bonds. The van der Waals surface area contributed by atoms with Gasteiger partial charge >= 0.3 is 129 Å². The number of rotatable bonds is 1. The molecule has 2 heteroatoms. The Morgan fingerprint density at radius 3 is 2.06 bits per heavy atom. The molecule has 0 aromatic carbocycles. The van der Waals surface area contributed by atoms with Gasteiger partial charge < -0.3 is 0 Å². The number of hydrogen-bond donors (Lipinski definition) is 0. The van der Waals surface area contributed by atoms with E-state index in [9.17, 15) is 0 Å². The van der Waals surface area contributed by atoms with Crippen molar-refractivity contribution in [2.45, 2.75) is 48.0 Å². The Hall–Kier alpha value is 0.597. The van der Waals surface area contributed by atoms with E-state index in [0.29, 0.717) is 10.8 Å². The van der Waals surface area contributed by atoms with E-state index in [1.807, 2.05) is 0 Å². The Labute approximate surface area is 128 Å². The third-order valence-corrected chi connectivity index (χ3v) is 6.98. The third kappa shape index (κ3) is 4.32. The van der Waals surface area contributed by atoms with Crippen LogP contribution in [-0.2, 0) is 38.7 Å². The van der Waals surface area contributed by atoms with E-state index in [4.69, 9.17) is 0 Å². The number of allylic oxidation sites excluding steroid dienone is 4. The van der Waals surface area contributed by atoms with Crippen LogP contribution in [0.1, 0.15) is 48.0 Å². The molecule has 0 fully saturated rings. The van der Waals surface area contributed by atoms with Gasteiger partial charge in [0.1, 0.15) is 0 Å². The summed E-state index contributed by atoms with van der Waals surface area (Å²) >= 11 is 3.22. The quantitative estimate of drug-likeness (QED) is 0.451. The van der Waals surface area contributed by atoms with Crippen molar-refractivity contribution >= 4 is 7.80 Å². The molecule has 1 rings (SSSR count). The second kappa shape index (κ2) is 5.30. The maximum atomic E-state index is 2.43. The minimum atomic E-state index is 0.316. The topological polar surface area (TPSA) is 0 Å². The molecule has 0 aromatic heterocycles. The van der Waals surface area contributed by atoms with Crippen molar-refractivity contribution < 1.29 is 38.7 Å². The normalized spacial score (nSPS) is 19.8. The second-order valence-corrected chi connectivity index (χ2v) is 10.1. The summed E-state index contributed by atoms with van der Waals surface area (Å²) < 4.78 is 3.16. The molecule has 0 atom stereocenters. The molecule has 17 heavy (non-hydrogen) atoms. The van der Waals surface area contributed by atoms with Gasteiger partial charge in [-0.15, -0.1) is 0 Å². The first kappa shape index (κ1) is 15.7. The molecule has 0 spiro atoms. The molecule has 1 aliphatic rings. The molecule has 0 saturated heterocycles. The van der Waals surface area contributed by atoms with Crippen LogP contribution in [0.25, 0.3) is 0 Å². The first-order valence-corrected chi connectivity index (χ1v) is 8.95. The van der Waals surface area contributed by atoms with E-state index in [2.05, 4.69) is 53.7 Å². The van der Waals surface area contributed by atoms with E-state index in [-0.39, 0.29) is 0 Å². The van der Waals surface area contributed by atoms with Gasteiger partial charge in [0.25, 0.3) is 0 Å².